The van der Waals surface area contributed by atoms with Crippen molar-refractivity contribution >= 4 is 21.7 Å². The lowest BCUT2D eigenvalue weighted by molar-refractivity contribution is 0.307. The van der Waals surface area contributed by atoms with E-state index in [9.17, 15) is 0 Å². The van der Waals surface area contributed by atoms with E-state index in [1.807, 2.05) is 0 Å². The molecule has 1 aliphatic rings. The van der Waals surface area contributed by atoms with Gasteiger partial charge in [-0.3, -0.25) is 0 Å². The minimum absolute atomic E-state index is 0.495. The van der Waals surface area contributed by atoms with Gasteiger partial charge < -0.3 is 5.73 Å². The number of nitrogens with zero attached hydrogens (tertiary/aromatic N) is 2. The first-order valence-electron chi connectivity index (χ1n) is 7.83. The van der Waals surface area contributed by atoms with Gasteiger partial charge in [-0.1, -0.05) is 40.0 Å². The molecule has 0 amide bonds. The fourth-order valence-corrected chi connectivity index (χ4v) is 3.47. The third-order valence-electron chi connectivity index (χ3n) is 4.29. The van der Waals surface area contributed by atoms with Crippen LogP contribution in [-0.4, -0.2) is 9.97 Å². The third-order valence-corrected chi connectivity index (χ3v) is 5.15. The number of hydrogen-bond acceptors (Lipinski definition) is 3. The van der Waals surface area contributed by atoms with Crippen molar-refractivity contribution in [1.82, 2.24) is 9.97 Å². The van der Waals surface area contributed by atoms with Crippen molar-refractivity contribution < 1.29 is 0 Å². The van der Waals surface area contributed by atoms with Crippen molar-refractivity contribution in [3.8, 4) is 0 Å². The molecular weight excluding hydrogens is 314 g/mol. The molecule has 0 bridgehead atoms. The smallest absolute Gasteiger partial charge is 0.141 e. The second-order valence-electron chi connectivity index (χ2n) is 6.46. The topological polar surface area (TPSA) is 51.8 Å². The highest BCUT2D eigenvalue weighted by Crippen LogP contribution is 2.37. The Morgan fingerprint density at radius 3 is 2.70 bits per heavy atom. The Labute approximate surface area is 130 Å². The SMILES string of the molecule is CCC1CCCC(c2nc(N)c(Br)c(CC(C)C)n2)C1. The molecule has 2 N–H and O–H groups in total. The molecule has 20 heavy (non-hydrogen) atoms. The molecular formula is C16H26BrN3. The van der Waals surface area contributed by atoms with E-state index in [1.54, 1.807) is 0 Å². The number of halogens is 1. The normalized spacial score (nSPS) is 23.2. The summed E-state index contributed by atoms with van der Waals surface area (Å²) in [5.74, 6) is 3.47. The van der Waals surface area contributed by atoms with Crippen LogP contribution in [0, 0.1) is 11.8 Å². The van der Waals surface area contributed by atoms with Crippen LogP contribution in [0.5, 0.6) is 0 Å². The van der Waals surface area contributed by atoms with E-state index in [1.165, 1.54) is 32.1 Å². The van der Waals surface area contributed by atoms with E-state index < -0.39 is 0 Å². The summed E-state index contributed by atoms with van der Waals surface area (Å²) >= 11 is 3.54. The molecule has 1 aromatic rings. The van der Waals surface area contributed by atoms with Gasteiger partial charge in [0.2, 0.25) is 0 Å². The fraction of sp³-hybridized carbons (Fsp3) is 0.750. The average Bonchev–Trinajstić information content (AvgIpc) is 2.43. The first-order valence-corrected chi connectivity index (χ1v) is 8.62. The molecule has 1 heterocycles. The van der Waals surface area contributed by atoms with E-state index >= 15 is 0 Å². The molecule has 0 aliphatic heterocycles. The van der Waals surface area contributed by atoms with Gasteiger partial charge in [-0.05, 0) is 47.0 Å². The predicted molar refractivity (Wildman–Crippen MR) is 87.7 cm³/mol. The molecule has 4 heteroatoms. The molecule has 0 radical (unpaired) electrons. The maximum absolute atomic E-state index is 6.07. The first-order chi connectivity index (χ1) is 9.51. The van der Waals surface area contributed by atoms with Gasteiger partial charge in [0.25, 0.3) is 0 Å². The van der Waals surface area contributed by atoms with Crippen molar-refractivity contribution in [2.24, 2.45) is 11.8 Å². The van der Waals surface area contributed by atoms with Gasteiger partial charge in [0.05, 0.1) is 10.2 Å². The second kappa shape index (κ2) is 6.88. The van der Waals surface area contributed by atoms with Gasteiger partial charge in [-0.15, -0.1) is 0 Å². The molecule has 1 saturated carbocycles. The minimum Gasteiger partial charge on any atom is -0.383 e. The van der Waals surface area contributed by atoms with Crippen LogP contribution < -0.4 is 5.73 Å². The lowest BCUT2D eigenvalue weighted by Gasteiger charge is -2.28. The summed E-state index contributed by atoms with van der Waals surface area (Å²) < 4.78 is 0.887. The monoisotopic (exact) mass is 339 g/mol. The summed E-state index contributed by atoms with van der Waals surface area (Å²) in [7, 11) is 0. The quantitative estimate of drug-likeness (QED) is 0.864. The van der Waals surface area contributed by atoms with Crippen LogP contribution in [0.1, 0.15) is 70.3 Å². The third kappa shape index (κ3) is 3.72. The zero-order valence-electron chi connectivity index (χ0n) is 12.8. The van der Waals surface area contributed by atoms with Crippen LogP contribution >= 0.6 is 15.9 Å². The Morgan fingerprint density at radius 1 is 1.30 bits per heavy atom. The first kappa shape index (κ1) is 15.7. The molecule has 1 fully saturated rings. The lowest BCUT2D eigenvalue weighted by Crippen LogP contribution is -2.18. The van der Waals surface area contributed by atoms with Crippen LogP contribution in [0.15, 0.2) is 4.47 Å². The van der Waals surface area contributed by atoms with E-state index in [0.717, 1.165) is 28.3 Å². The maximum Gasteiger partial charge on any atom is 0.141 e. The van der Waals surface area contributed by atoms with Crippen LogP contribution in [0.4, 0.5) is 5.82 Å². The van der Waals surface area contributed by atoms with Gasteiger partial charge >= 0.3 is 0 Å². The van der Waals surface area contributed by atoms with Crippen LogP contribution in [0.25, 0.3) is 0 Å². The highest BCUT2D eigenvalue weighted by molar-refractivity contribution is 9.10. The minimum atomic E-state index is 0.495. The largest absolute Gasteiger partial charge is 0.383 e. The Hall–Kier alpha value is -0.640. The van der Waals surface area contributed by atoms with Crippen LogP contribution in [-0.2, 0) is 6.42 Å². The fourth-order valence-electron chi connectivity index (χ4n) is 3.13. The summed E-state index contributed by atoms with van der Waals surface area (Å²) in [5, 5.41) is 0. The van der Waals surface area contributed by atoms with Crippen molar-refractivity contribution in [2.45, 2.75) is 65.2 Å². The van der Waals surface area contributed by atoms with Crippen LogP contribution in [0.3, 0.4) is 0 Å². The molecule has 2 rings (SSSR count). The summed E-state index contributed by atoms with van der Waals surface area (Å²) in [6, 6.07) is 0. The standard InChI is InChI=1S/C16H26BrN3/c1-4-11-6-5-7-12(9-11)16-19-13(8-10(2)3)14(17)15(18)20-16/h10-12H,4-9H2,1-3H3,(H2,18,19,20). The Morgan fingerprint density at radius 2 is 2.05 bits per heavy atom. The van der Waals surface area contributed by atoms with Gasteiger partial charge in [-0.2, -0.15) is 0 Å². The van der Waals surface area contributed by atoms with E-state index in [0.29, 0.717) is 17.7 Å². The molecule has 2 unspecified atom stereocenters. The van der Waals surface area contributed by atoms with Gasteiger partial charge in [-0.25, -0.2) is 9.97 Å². The summed E-state index contributed by atoms with van der Waals surface area (Å²) in [5.41, 5.74) is 7.14. The van der Waals surface area contributed by atoms with Gasteiger partial charge in [0.1, 0.15) is 11.6 Å². The number of hydrogen-bond donors (Lipinski definition) is 1. The zero-order valence-corrected chi connectivity index (χ0v) is 14.4. The molecule has 1 aromatic heterocycles. The molecule has 1 aliphatic carbocycles. The highest BCUT2D eigenvalue weighted by atomic mass is 79.9. The summed E-state index contributed by atoms with van der Waals surface area (Å²) in [6.07, 6.45) is 7.29. The molecule has 0 aromatic carbocycles. The number of nitrogens with two attached hydrogens (primary N) is 1. The van der Waals surface area contributed by atoms with Crippen LogP contribution in [0.2, 0.25) is 0 Å². The van der Waals surface area contributed by atoms with Gasteiger partial charge in [0.15, 0.2) is 0 Å². The van der Waals surface area contributed by atoms with Crippen molar-refractivity contribution in [2.75, 3.05) is 5.73 Å². The zero-order chi connectivity index (χ0) is 14.7. The number of rotatable bonds is 4. The summed E-state index contributed by atoms with van der Waals surface area (Å²) in [6.45, 7) is 6.70. The van der Waals surface area contributed by atoms with E-state index in [2.05, 4.69) is 41.7 Å². The molecule has 0 spiro atoms. The Bertz CT molecular complexity index is 459. The number of nitrogen functional groups attached to an aromatic ring is 1. The second-order valence-corrected chi connectivity index (χ2v) is 7.26. The number of aromatic nitrogens is 2. The molecule has 3 nitrogen and oxygen atoms in total. The van der Waals surface area contributed by atoms with Crippen molar-refractivity contribution in [1.29, 1.82) is 0 Å². The lowest BCUT2D eigenvalue weighted by atomic mass is 9.80. The average molecular weight is 340 g/mol. The molecule has 0 saturated heterocycles. The Kier molecular flexibility index (Phi) is 5.42. The highest BCUT2D eigenvalue weighted by Gasteiger charge is 2.25. The summed E-state index contributed by atoms with van der Waals surface area (Å²) in [4.78, 5) is 9.38. The predicted octanol–water partition coefficient (Wildman–Crippen LogP) is 4.70. The maximum atomic E-state index is 6.07. The van der Waals surface area contributed by atoms with Crippen molar-refractivity contribution in [3.63, 3.8) is 0 Å². The van der Waals surface area contributed by atoms with Crippen molar-refractivity contribution in [3.05, 3.63) is 16.0 Å². The van der Waals surface area contributed by atoms with E-state index in [4.69, 9.17) is 10.7 Å². The van der Waals surface area contributed by atoms with Gasteiger partial charge in [0, 0.05) is 5.92 Å². The van der Waals surface area contributed by atoms with E-state index in [-0.39, 0.29) is 0 Å². The number of anilines is 1. The Balaban J connectivity index is 2.25. The molecule has 2 atom stereocenters. The molecule has 112 valence electrons.